The number of nitrogens with one attached hydrogen (secondary N) is 10. The minimum Gasteiger partial charge on any atom is -0.448 e. The highest BCUT2D eigenvalue weighted by molar-refractivity contribution is 6.04. The molecule has 1 aromatic carbocycles. The molecule has 1 saturated carbocycles. The first-order chi connectivity index (χ1) is 39.6. The second kappa shape index (κ2) is 29.1. The molecule has 24 nitrogen and oxygen atoms in total. The van der Waals surface area contributed by atoms with Crippen LogP contribution in [0.4, 0.5) is 0 Å². The Balaban J connectivity index is 1.24. The molecule has 5 atom stereocenters. The first-order valence-electron chi connectivity index (χ1n) is 29.8. The third kappa shape index (κ3) is 19.3. The van der Waals surface area contributed by atoms with Gasteiger partial charge in [0.1, 0.15) is 53.1 Å². The number of likely N-dealkylation sites (N-methyl/N-ethyl adjacent to an activating group) is 1. The van der Waals surface area contributed by atoms with Gasteiger partial charge in [0.05, 0.1) is 5.54 Å². The van der Waals surface area contributed by atoms with Gasteiger partial charge in [-0.05, 0) is 143 Å². The number of carbonyl (C=O) groups is 10. The van der Waals surface area contributed by atoms with Crippen molar-refractivity contribution in [2.45, 2.75) is 201 Å². The normalized spacial score (nSPS) is 16.6. The van der Waals surface area contributed by atoms with E-state index in [0.717, 1.165) is 30.2 Å². The zero-order chi connectivity index (χ0) is 63.4. The van der Waals surface area contributed by atoms with Gasteiger partial charge >= 0.3 is 0 Å². The Hall–Kier alpha value is -7.37. The van der Waals surface area contributed by atoms with E-state index in [-0.39, 0.29) is 73.5 Å². The zero-order valence-electron chi connectivity index (χ0n) is 52.6. The topological polar surface area (TPSA) is 327 Å². The predicted octanol–water partition coefficient (Wildman–Crippen LogP) is 3.39. The summed E-state index contributed by atoms with van der Waals surface area (Å²) in [7, 11) is 3.90. The van der Waals surface area contributed by atoms with Crippen molar-refractivity contribution < 1.29 is 52.4 Å². The van der Waals surface area contributed by atoms with Crippen LogP contribution in [0.25, 0.3) is 10.9 Å². The molecule has 85 heavy (non-hydrogen) atoms. The van der Waals surface area contributed by atoms with Crippen LogP contribution in [0.15, 0.2) is 41.1 Å². The third-order valence-electron chi connectivity index (χ3n) is 15.4. The Morgan fingerprint density at radius 3 is 1.80 bits per heavy atom. The molecular formula is C61H95N13O11. The van der Waals surface area contributed by atoms with Crippen molar-refractivity contribution in [3.05, 3.63) is 53.9 Å². The lowest BCUT2D eigenvalue weighted by molar-refractivity contribution is -0.140. The molecule has 470 valence electrons. The van der Waals surface area contributed by atoms with Gasteiger partial charge in [-0.3, -0.25) is 47.9 Å². The molecule has 2 aromatic heterocycles. The number of aromatic nitrogens is 2. The van der Waals surface area contributed by atoms with Crippen LogP contribution in [0.5, 0.6) is 0 Å². The van der Waals surface area contributed by atoms with E-state index in [9.17, 15) is 47.9 Å². The van der Waals surface area contributed by atoms with Crippen LogP contribution < -0.4 is 47.9 Å². The maximum atomic E-state index is 14.6. The van der Waals surface area contributed by atoms with Gasteiger partial charge in [0.15, 0.2) is 11.6 Å². The van der Waals surface area contributed by atoms with Crippen molar-refractivity contribution in [3.8, 4) is 0 Å². The summed E-state index contributed by atoms with van der Waals surface area (Å²) in [5.41, 5.74) is -3.47. The van der Waals surface area contributed by atoms with Crippen LogP contribution in [-0.4, -0.2) is 159 Å². The van der Waals surface area contributed by atoms with Gasteiger partial charge in [0.2, 0.25) is 53.2 Å². The van der Waals surface area contributed by atoms with Gasteiger partial charge in [-0.1, -0.05) is 59.7 Å². The fourth-order valence-electron chi connectivity index (χ4n) is 10.7. The van der Waals surface area contributed by atoms with Crippen LogP contribution in [-0.2, 0) is 49.6 Å². The number of fused-ring (bicyclic) bond motifs is 1. The quantitative estimate of drug-likeness (QED) is 0.0429. The summed E-state index contributed by atoms with van der Waals surface area (Å²) in [6, 6.07) is 3.81. The van der Waals surface area contributed by atoms with Gasteiger partial charge in [-0.25, -0.2) is 4.98 Å². The lowest BCUT2D eigenvalue weighted by Crippen LogP contribution is -2.65. The Morgan fingerprint density at radius 1 is 0.706 bits per heavy atom. The molecule has 10 N–H and O–H groups in total. The molecule has 2 aliphatic rings. The lowest BCUT2D eigenvalue weighted by atomic mass is 9.76. The van der Waals surface area contributed by atoms with E-state index < -0.39 is 100.0 Å². The lowest BCUT2D eigenvalue weighted by Gasteiger charge is -2.44. The SMILES string of the molecule is Cc1nc(C(=O)N2CCC[C@H]2NC(=O)[C@@H](Cc2c[nH]c3ccccc23)C(=O)N[C@@H](CC(C)C)C(=O)NC(C)(C)C(=O)N[C@@H](CC(C)C)C(=O)N[C@@H](CC(C)C)C(=O)NC(C)(C)C(=O)NC(C)(C)C(=O)NCCC(=O)NC2(CN(C)C)CCC2)co1. The molecular weight excluding hydrogens is 1090 g/mol. The highest BCUT2D eigenvalue weighted by Crippen LogP contribution is 2.32. The number of aryl methyl sites for hydroxylation is 1. The summed E-state index contributed by atoms with van der Waals surface area (Å²) in [4.78, 5) is 151. The summed E-state index contributed by atoms with van der Waals surface area (Å²) in [6.45, 7) is 22.7. The first-order valence-corrected chi connectivity index (χ1v) is 29.8. The molecule has 1 aliphatic heterocycles. The Kier molecular flexibility index (Phi) is 23.5. The summed E-state index contributed by atoms with van der Waals surface area (Å²) >= 11 is 0. The number of oxazole rings is 1. The Labute approximate surface area is 500 Å². The van der Waals surface area contributed by atoms with Crippen molar-refractivity contribution >= 4 is 70.0 Å². The molecule has 3 heterocycles. The van der Waals surface area contributed by atoms with Crippen LogP contribution >= 0.6 is 0 Å². The van der Waals surface area contributed by atoms with Crippen molar-refractivity contribution in [2.75, 3.05) is 33.7 Å². The highest BCUT2D eigenvalue weighted by atomic mass is 16.3. The number of carbonyl (C=O) groups excluding carboxylic acids is 10. The number of likely N-dealkylation sites (tertiary alicyclic amines) is 1. The van der Waals surface area contributed by atoms with Gasteiger partial charge in [0, 0.05) is 50.1 Å². The second-order valence-corrected chi connectivity index (χ2v) is 26.3. The number of hydrogen-bond donors (Lipinski definition) is 10. The fourth-order valence-corrected chi connectivity index (χ4v) is 10.7. The molecule has 1 saturated heterocycles. The molecule has 10 amide bonds. The van der Waals surface area contributed by atoms with Crippen molar-refractivity contribution in [1.82, 2.24) is 67.6 Å². The highest BCUT2D eigenvalue weighted by Gasteiger charge is 2.43. The number of nitrogens with zero attached hydrogens (tertiary/aromatic N) is 3. The monoisotopic (exact) mass is 1190 g/mol. The minimum atomic E-state index is -1.69. The number of H-pyrrole nitrogens is 1. The number of amides is 10. The van der Waals surface area contributed by atoms with Crippen LogP contribution in [0.2, 0.25) is 0 Å². The molecule has 0 bridgehead atoms. The standard InChI is InChI=1S/C61H95N13O11/c1-35(2)28-43(51(78)66-45(30-37(5)6)53(80)71-60(12,13)57(84)72-58(8,9)55(82)62-26-23-48(75)69-61(24-19-25-61)34-73(14)15)67-56(83)59(10,11)70-52(79)44(29-36(3)4)65-49(76)41(31-39-32-63-42-21-17-16-20-40(39)42)50(77)68-47-22-18-27-74(47)54(81)46-33-85-38(7)64-46/h16-17,20-21,32-33,35-37,41,43-45,47,63H,18-19,22-31,34H2,1-15H3,(H,62,82)(H,65,76)(H,66,78)(H,67,83)(H,68,77)(H,69,75)(H,70,79)(H,71,80)(H,72,84)/t41-,43-,44-,45-,47-/m0/s1. The number of rotatable bonds is 30. The van der Waals surface area contributed by atoms with Gasteiger partial charge in [-0.2, -0.15) is 0 Å². The molecule has 24 heteroatoms. The van der Waals surface area contributed by atoms with Crippen LogP contribution in [0.1, 0.15) is 163 Å². The minimum absolute atomic E-state index is 0.0406. The van der Waals surface area contributed by atoms with E-state index in [1.165, 1.54) is 52.7 Å². The van der Waals surface area contributed by atoms with E-state index in [1.54, 1.807) is 13.1 Å². The number of hydrogen-bond acceptors (Lipinski definition) is 13. The van der Waals surface area contributed by atoms with E-state index in [2.05, 4.69) is 57.8 Å². The molecule has 0 spiro atoms. The molecule has 3 aromatic rings. The second-order valence-electron chi connectivity index (χ2n) is 26.3. The molecule has 1 aliphatic carbocycles. The molecule has 2 fully saturated rings. The van der Waals surface area contributed by atoms with E-state index in [0.29, 0.717) is 37.4 Å². The van der Waals surface area contributed by atoms with Gasteiger partial charge < -0.3 is 67.1 Å². The van der Waals surface area contributed by atoms with Gasteiger partial charge in [0.25, 0.3) is 5.91 Å². The average Bonchev–Trinajstić information content (AvgIpc) is 4.32. The third-order valence-corrected chi connectivity index (χ3v) is 15.4. The number of para-hydroxylation sites is 1. The van der Waals surface area contributed by atoms with E-state index >= 15 is 0 Å². The molecule has 0 radical (unpaired) electrons. The largest absolute Gasteiger partial charge is 0.448 e. The van der Waals surface area contributed by atoms with Crippen LogP contribution in [0.3, 0.4) is 0 Å². The predicted molar refractivity (Wildman–Crippen MR) is 321 cm³/mol. The smallest absolute Gasteiger partial charge is 0.277 e. The van der Waals surface area contributed by atoms with Gasteiger partial charge in [-0.15, -0.1) is 0 Å². The fraction of sp³-hybridized carbons (Fsp3) is 0.656. The maximum Gasteiger partial charge on any atom is 0.277 e. The van der Waals surface area contributed by atoms with E-state index in [4.69, 9.17) is 4.42 Å². The van der Waals surface area contributed by atoms with E-state index in [1.807, 2.05) is 84.8 Å². The Bertz CT molecular complexity index is 2880. The Morgan fingerprint density at radius 2 is 1.26 bits per heavy atom. The number of benzene rings is 1. The summed E-state index contributed by atoms with van der Waals surface area (Å²) < 4.78 is 5.27. The molecule has 5 rings (SSSR count). The zero-order valence-corrected chi connectivity index (χ0v) is 52.6. The maximum absolute atomic E-state index is 14.6. The summed E-state index contributed by atoms with van der Waals surface area (Å²) in [5, 5.41) is 26.2. The van der Waals surface area contributed by atoms with Crippen molar-refractivity contribution in [3.63, 3.8) is 0 Å². The first kappa shape index (κ1) is 68.4. The number of aromatic amines is 1. The van der Waals surface area contributed by atoms with Crippen molar-refractivity contribution in [2.24, 2.45) is 23.7 Å². The van der Waals surface area contributed by atoms with Crippen LogP contribution in [0, 0.1) is 30.6 Å². The average molecular weight is 1190 g/mol. The molecule has 0 unspecified atom stereocenters. The summed E-state index contributed by atoms with van der Waals surface area (Å²) in [5.74, 6) is -7.64. The summed E-state index contributed by atoms with van der Waals surface area (Å²) in [6.07, 6.45) is 6.38. The van der Waals surface area contributed by atoms with Crippen molar-refractivity contribution in [1.29, 1.82) is 0 Å².